The number of para-hydroxylation sites is 1. The van der Waals surface area contributed by atoms with E-state index in [1.807, 2.05) is 43.3 Å². The van der Waals surface area contributed by atoms with E-state index in [0.717, 1.165) is 16.5 Å². The van der Waals surface area contributed by atoms with Gasteiger partial charge in [-0.3, -0.25) is 4.79 Å². The summed E-state index contributed by atoms with van der Waals surface area (Å²) in [5.41, 5.74) is 2.50. The average Bonchev–Trinajstić information content (AvgIpc) is 3.33. The standard InChI is InChI=1S/C20H17N3O4/c1-12-5-3-7-14(9-12)19-22-17(27-23-19)11-21-20(24)16-10-13-6-4-8-15(25-2)18(13)26-16/h3-10H,11H2,1-2H3,(H,21,24). The number of carbonyl (C=O) groups is 1. The molecule has 4 aromatic rings. The highest BCUT2D eigenvalue weighted by Gasteiger charge is 2.16. The van der Waals surface area contributed by atoms with Crippen molar-refractivity contribution in [2.45, 2.75) is 13.5 Å². The maximum absolute atomic E-state index is 12.4. The number of furan rings is 1. The molecule has 0 aliphatic carbocycles. The van der Waals surface area contributed by atoms with Gasteiger partial charge < -0.3 is 19.0 Å². The Labute approximate surface area is 154 Å². The van der Waals surface area contributed by atoms with Crippen molar-refractivity contribution < 1.29 is 18.5 Å². The number of carbonyl (C=O) groups excluding carboxylic acids is 1. The van der Waals surface area contributed by atoms with Gasteiger partial charge in [-0.05, 0) is 25.1 Å². The average molecular weight is 363 g/mol. The van der Waals surface area contributed by atoms with Crippen LogP contribution in [0.1, 0.15) is 22.0 Å². The van der Waals surface area contributed by atoms with E-state index in [1.165, 1.54) is 0 Å². The van der Waals surface area contributed by atoms with Crippen LogP contribution in [0.15, 0.2) is 57.5 Å². The molecule has 136 valence electrons. The predicted octanol–water partition coefficient (Wildman–Crippen LogP) is 3.73. The van der Waals surface area contributed by atoms with Crippen LogP contribution in [0.2, 0.25) is 0 Å². The number of amides is 1. The Bertz CT molecular complexity index is 1110. The third-order valence-electron chi connectivity index (χ3n) is 4.10. The SMILES string of the molecule is COc1cccc2cc(C(=O)NCc3nc(-c4cccc(C)c4)no3)oc12. The molecule has 0 saturated heterocycles. The van der Waals surface area contributed by atoms with Crippen LogP contribution in [0.4, 0.5) is 0 Å². The Morgan fingerprint density at radius 3 is 2.85 bits per heavy atom. The lowest BCUT2D eigenvalue weighted by atomic mass is 10.1. The molecule has 0 radical (unpaired) electrons. The zero-order valence-corrected chi connectivity index (χ0v) is 14.9. The Morgan fingerprint density at radius 2 is 2.04 bits per heavy atom. The number of ether oxygens (including phenoxy) is 1. The second-order valence-corrected chi connectivity index (χ2v) is 6.05. The lowest BCUT2D eigenvalue weighted by Gasteiger charge is -1.99. The first kappa shape index (κ1) is 16.8. The van der Waals surface area contributed by atoms with E-state index in [2.05, 4.69) is 15.5 Å². The number of aryl methyl sites for hydroxylation is 1. The molecule has 27 heavy (non-hydrogen) atoms. The van der Waals surface area contributed by atoms with Gasteiger partial charge in [-0.2, -0.15) is 4.98 Å². The minimum absolute atomic E-state index is 0.103. The number of nitrogens with one attached hydrogen (secondary N) is 1. The number of rotatable bonds is 5. The fourth-order valence-electron chi connectivity index (χ4n) is 2.78. The van der Waals surface area contributed by atoms with E-state index < -0.39 is 0 Å². The Morgan fingerprint density at radius 1 is 1.19 bits per heavy atom. The zero-order valence-electron chi connectivity index (χ0n) is 14.9. The summed E-state index contributed by atoms with van der Waals surface area (Å²) in [6.07, 6.45) is 0. The van der Waals surface area contributed by atoms with Gasteiger partial charge in [0.25, 0.3) is 5.91 Å². The van der Waals surface area contributed by atoms with Crippen LogP contribution in [-0.2, 0) is 6.54 Å². The van der Waals surface area contributed by atoms with Crippen LogP contribution in [-0.4, -0.2) is 23.2 Å². The highest BCUT2D eigenvalue weighted by Crippen LogP contribution is 2.28. The summed E-state index contributed by atoms with van der Waals surface area (Å²) in [6, 6.07) is 14.9. The summed E-state index contributed by atoms with van der Waals surface area (Å²) in [4.78, 5) is 16.7. The van der Waals surface area contributed by atoms with Crippen LogP contribution in [0.5, 0.6) is 5.75 Å². The Hall–Kier alpha value is -3.61. The molecule has 0 fully saturated rings. The second-order valence-electron chi connectivity index (χ2n) is 6.05. The molecule has 7 heteroatoms. The highest BCUT2D eigenvalue weighted by molar-refractivity contribution is 5.97. The van der Waals surface area contributed by atoms with E-state index in [-0.39, 0.29) is 18.2 Å². The van der Waals surface area contributed by atoms with Gasteiger partial charge in [-0.15, -0.1) is 0 Å². The molecule has 2 heterocycles. The maximum Gasteiger partial charge on any atom is 0.287 e. The van der Waals surface area contributed by atoms with E-state index in [9.17, 15) is 4.79 Å². The number of aromatic nitrogens is 2. The van der Waals surface area contributed by atoms with Crippen molar-refractivity contribution in [3.05, 3.63) is 65.7 Å². The molecule has 1 N–H and O–H groups in total. The van der Waals surface area contributed by atoms with Crippen LogP contribution < -0.4 is 10.1 Å². The van der Waals surface area contributed by atoms with Gasteiger partial charge >= 0.3 is 0 Å². The molecule has 4 rings (SSSR count). The summed E-state index contributed by atoms with van der Waals surface area (Å²) in [5.74, 6) is 1.19. The monoisotopic (exact) mass is 363 g/mol. The lowest BCUT2D eigenvalue weighted by Crippen LogP contribution is -2.22. The number of methoxy groups -OCH3 is 1. The van der Waals surface area contributed by atoms with Crippen LogP contribution in [0.3, 0.4) is 0 Å². The van der Waals surface area contributed by atoms with Gasteiger partial charge in [0.2, 0.25) is 11.7 Å². The highest BCUT2D eigenvalue weighted by atomic mass is 16.5. The summed E-state index contributed by atoms with van der Waals surface area (Å²) in [6.45, 7) is 2.10. The fraction of sp³-hybridized carbons (Fsp3) is 0.150. The minimum atomic E-state index is -0.372. The quantitative estimate of drug-likeness (QED) is 0.581. The molecule has 0 aliphatic rings. The molecule has 2 aromatic carbocycles. The van der Waals surface area contributed by atoms with Crippen molar-refractivity contribution in [3.8, 4) is 17.1 Å². The van der Waals surface area contributed by atoms with Crippen LogP contribution in [0.25, 0.3) is 22.4 Å². The van der Waals surface area contributed by atoms with Crippen LogP contribution >= 0.6 is 0 Å². The predicted molar refractivity (Wildman–Crippen MR) is 98.4 cm³/mol. The minimum Gasteiger partial charge on any atom is -0.493 e. The molecule has 0 saturated carbocycles. The normalized spacial score (nSPS) is 10.9. The number of benzene rings is 2. The van der Waals surface area contributed by atoms with E-state index in [4.69, 9.17) is 13.7 Å². The first-order chi connectivity index (χ1) is 13.1. The summed E-state index contributed by atoms with van der Waals surface area (Å²) >= 11 is 0. The molecule has 0 bridgehead atoms. The first-order valence-electron chi connectivity index (χ1n) is 8.38. The van der Waals surface area contributed by atoms with Crippen molar-refractivity contribution in [2.24, 2.45) is 0 Å². The van der Waals surface area contributed by atoms with E-state index in [1.54, 1.807) is 19.2 Å². The number of hydrogen-bond acceptors (Lipinski definition) is 6. The number of nitrogens with zero attached hydrogens (tertiary/aromatic N) is 2. The smallest absolute Gasteiger partial charge is 0.287 e. The van der Waals surface area contributed by atoms with Gasteiger partial charge in [0.15, 0.2) is 17.1 Å². The molecule has 7 nitrogen and oxygen atoms in total. The maximum atomic E-state index is 12.4. The molecule has 0 spiro atoms. The summed E-state index contributed by atoms with van der Waals surface area (Å²) in [7, 11) is 1.55. The third kappa shape index (κ3) is 3.39. The van der Waals surface area contributed by atoms with E-state index >= 15 is 0 Å². The molecule has 0 aliphatic heterocycles. The van der Waals surface area contributed by atoms with Gasteiger partial charge in [-0.1, -0.05) is 41.1 Å². The summed E-state index contributed by atoms with van der Waals surface area (Å²) in [5, 5.41) is 7.47. The number of fused-ring (bicyclic) bond motifs is 1. The molecule has 2 aromatic heterocycles. The van der Waals surface area contributed by atoms with Gasteiger partial charge in [0, 0.05) is 10.9 Å². The largest absolute Gasteiger partial charge is 0.493 e. The first-order valence-corrected chi connectivity index (χ1v) is 8.38. The third-order valence-corrected chi connectivity index (χ3v) is 4.10. The van der Waals surface area contributed by atoms with Gasteiger partial charge in [0.05, 0.1) is 13.7 Å². The lowest BCUT2D eigenvalue weighted by molar-refractivity contribution is 0.0920. The molecule has 0 unspecified atom stereocenters. The van der Waals surface area contributed by atoms with E-state index in [0.29, 0.717) is 23.0 Å². The van der Waals surface area contributed by atoms with Gasteiger partial charge in [-0.25, -0.2) is 0 Å². The topological polar surface area (TPSA) is 90.4 Å². The summed E-state index contributed by atoms with van der Waals surface area (Å²) < 4.78 is 16.1. The molecular formula is C20H17N3O4. The van der Waals surface area contributed by atoms with Crippen molar-refractivity contribution in [1.82, 2.24) is 15.5 Å². The Kier molecular flexibility index (Phi) is 4.33. The second kappa shape index (κ2) is 6.95. The van der Waals surface area contributed by atoms with Crippen molar-refractivity contribution in [1.29, 1.82) is 0 Å². The fourth-order valence-corrected chi connectivity index (χ4v) is 2.78. The van der Waals surface area contributed by atoms with Crippen LogP contribution in [0, 0.1) is 6.92 Å². The van der Waals surface area contributed by atoms with Gasteiger partial charge in [0.1, 0.15) is 0 Å². The Balaban J connectivity index is 1.47. The molecular weight excluding hydrogens is 346 g/mol. The molecule has 0 atom stereocenters. The number of hydrogen-bond donors (Lipinski definition) is 1. The van der Waals surface area contributed by atoms with Crippen molar-refractivity contribution in [3.63, 3.8) is 0 Å². The zero-order chi connectivity index (χ0) is 18.8. The van der Waals surface area contributed by atoms with Crippen molar-refractivity contribution >= 4 is 16.9 Å². The molecule has 1 amide bonds. The van der Waals surface area contributed by atoms with Crippen molar-refractivity contribution in [2.75, 3.05) is 7.11 Å².